The summed E-state index contributed by atoms with van der Waals surface area (Å²) in [5.74, 6) is 0.827. The minimum atomic E-state index is -0.0122. The van der Waals surface area contributed by atoms with Crippen LogP contribution in [0.3, 0.4) is 0 Å². The zero-order valence-corrected chi connectivity index (χ0v) is 9.37. The minimum Gasteiger partial charge on any atom is -0.306 e. The summed E-state index contributed by atoms with van der Waals surface area (Å²) in [7, 11) is 0. The number of amides is 1. The highest BCUT2D eigenvalue weighted by Gasteiger charge is 2.31. The fourth-order valence-electron chi connectivity index (χ4n) is 2.35. The molecule has 2 unspecified atom stereocenters. The van der Waals surface area contributed by atoms with Gasteiger partial charge in [0.25, 0.3) is 5.91 Å². The van der Waals surface area contributed by atoms with Gasteiger partial charge in [0.15, 0.2) is 0 Å². The van der Waals surface area contributed by atoms with Gasteiger partial charge in [0.1, 0.15) is 0 Å². The number of nitrogens with zero attached hydrogens (tertiary/aromatic N) is 1. The monoisotopic (exact) mass is 212 g/mol. The molecule has 0 saturated carbocycles. The standard InChI is InChI=1S/C11H20N2O2/c1-2-9-4-5-12-10(8-9)11(14)13-6-3-7-15-13/h9-10,12H,2-8H2,1H3. The summed E-state index contributed by atoms with van der Waals surface area (Å²) >= 11 is 0. The van der Waals surface area contributed by atoms with Crippen molar-refractivity contribution in [2.24, 2.45) is 5.92 Å². The van der Waals surface area contributed by atoms with Crippen LogP contribution in [0.5, 0.6) is 0 Å². The molecule has 0 aromatic rings. The van der Waals surface area contributed by atoms with Crippen molar-refractivity contribution in [3.05, 3.63) is 0 Å². The molecule has 4 nitrogen and oxygen atoms in total. The molecule has 0 spiro atoms. The van der Waals surface area contributed by atoms with Crippen molar-refractivity contribution in [3.63, 3.8) is 0 Å². The van der Waals surface area contributed by atoms with Gasteiger partial charge in [-0.2, -0.15) is 0 Å². The van der Waals surface area contributed by atoms with E-state index in [1.165, 1.54) is 17.9 Å². The number of carbonyl (C=O) groups is 1. The Morgan fingerprint density at radius 3 is 3.13 bits per heavy atom. The fraction of sp³-hybridized carbons (Fsp3) is 0.909. The molecule has 2 atom stereocenters. The summed E-state index contributed by atoms with van der Waals surface area (Å²) in [4.78, 5) is 17.3. The number of hydrogen-bond donors (Lipinski definition) is 1. The molecule has 15 heavy (non-hydrogen) atoms. The summed E-state index contributed by atoms with van der Waals surface area (Å²) in [5.41, 5.74) is 0. The lowest BCUT2D eigenvalue weighted by molar-refractivity contribution is -0.172. The van der Waals surface area contributed by atoms with E-state index in [0.29, 0.717) is 12.5 Å². The Hall–Kier alpha value is -0.610. The second kappa shape index (κ2) is 4.94. The van der Waals surface area contributed by atoms with Crippen molar-refractivity contribution in [2.45, 2.75) is 38.6 Å². The van der Waals surface area contributed by atoms with Gasteiger partial charge in [0.05, 0.1) is 19.2 Å². The molecular weight excluding hydrogens is 192 g/mol. The average molecular weight is 212 g/mol. The SMILES string of the molecule is CCC1CCNC(C(=O)N2CCCO2)C1. The summed E-state index contributed by atoms with van der Waals surface area (Å²) in [6, 6.07) is -0.0122. The summed E-state index contributed by atoms with van der Waals surface area (Å²) in [6.07, 6.45) is 4.30. The maximum Gasteiger partial charge on any atom is 0.263 e. The van der Waals surface area contributed by atoms with E-state index in [9.17, 15) is 4.79 Å². The predicted molar refractivity (Wildman–Crippen MR) is 57.1 cm³/mol. The molecule has 0 aromatic carbocycles. The molecule has 2 aliphatic heterocycles. The summed E-state index contributed by atoms with van der Waals surface area (Å²) in [6.45, 7) is 4.61. The Balaban J connectivity index is 1.88. The molecule has 4 heteroatoms. The van der Waals surface area contributed by atoms with Gasteiger partial charge in [-0.25, -0.2) is 5.06 Å². The lowest BCUT2D eigenvalue weighted by Crippen LogP contribution is -2.49. The van der Waals surface area contributed by atoms with Crippen molar-refractivity contribution < 1.29 is 9.63 Å². The van der Waals surface area contributed by atoms with E-state index < -0.39 is 0 Å². The number of piperidine rings is 1. The molecular formula is C11H20N2O2. The maximum atomic E-state index is 12.0. The second-order valence-electron chi connectivity index (χ2n) is 4.43. The average Bonchev–Trinajstić information content (AvgIpc) is 2.81. The summed E-state index contributed by atoms with van der Waals surface area (Å²) in [5, 5.41) is 4.83. The quantitative estimate of drug-likeness (QED) is 0.740. The van der Waals surface area contributed by atoms with Gasteiger partial charge in [-0.1, -0.05) is 13.3 Å². The lowest BCUT2D eigenvalue weighted by atomic mass is 9.90. The van der Waals surface area contributed by atoms with E-state index in [4.69, 9.17) is 4.84 Å². The lowest BCUT2D eigenvalue weighted by Gasteiger charge is -2.30. The maximum absolute atomic E-state index is 12.0. The van der Waals surface area contributed by atoms with Crippen molar-refractivity contribution in [2.75, 3.05) is 19.7 Å². The number of rotatable bonds is 2. The van der Waals surface area contributed by atoms with Crippen molar-refractivity contribution in [1.29, 1.82) is 0 Å². The van der Waals surface area contributed by atoms with Crippen LogP contribution in [0.1, 0.15) is 32.6 Å². The molecule has 2 rings (SSSR count). The molecule has 0 radical (unpaired) electrons. The van der Waals surface area contributed by atoms with Crippen LogP contribution in [0.2, 0.25) is 0 Å². The Bertz CT molecular complexity index is 227. The van der Waals surface area contributed by atoms with Gasteiger partial charge in [-0.05, 0) is 31.7 Å². The van der Waals surface area contributed by atoms with E-state index in [1.807, 2.05) is 0 Å². The zero-order chi connectivity index (χ0) is 10.7. The molecule has 86 valence electrons. The third kappa shape index (κ3) is 2.49. The fourth-order valence-corrected chi connectivity index (χ4v) is 2.35. The molecule has 0 aliphatic carbocycles. The van der Waals surface area contributed by atoms with Crippen LogP contribution < -0.4 is 5.32 Å². The van der Waals surface area contributed by atoms with Crippen LogP contribution in [0.15, 0.2) is 0 Å². The Kier molecular flexibility index (Phi) is 3.59. The molecule has 1 amide bonds. The Morgan fingerprint density at radius 1 is 1.60 bits per heavy atom. The van der Waals surface area contributed by atoms with E-state index in [1.54, 1.807) is 0 Å². The highest BCUT2D eigenvalue weighted by molar-refractivity contribution is 5.81. The van der Waals surface area contributed by atoms with Crippen LogP contribution in [0.25, 0.3) is 0 Å². The van der Waals surface area contributed by atoms with E-state index in [0.717, 1.165) is 25.9 Å². The van der Waals surface area contributed by atoms with Gasteiger partial charge in [-0.15, -0.1) is 0 Å². The number of carbonyl (C=O) groups excluding carboxylic acids is 1. The molecule has 0 bridgehead atoms. The zero-order valence-electron chi connectivity index (χ0n) is 9.37. The Labute approximate surface area is 90.9 Å². The van der Waals surface area contributed by atoms with E-state index >= 15 is 0 Å². The van der Waals surface area contributed by atoms with E-state index in [-0.39, 0.29) is 11.9 Å². The van der Waals surface area contributed by atoms with Crippen LogP contribution >= 0.6 is 0 Å². The first-order valence-corrected chi connectivity index (χ1v) is 5.99. The first-order chi connectivity index (χ1) is 7.31. The van der Waals surface area contributed by atoms with Gasteiger partial charge >= 0.3 is 0 Å². The largest absolute Gasteiger partial charge is 0.306 e. The number of hydroxylamine groups is 2. The summed E-state index contributed by atoms with van der Waals surface area (Å²) < 4.78 is 0. The first kappa shape index (κ1) is 10.9. The second-order valence-corrected chi connectivity index (χ2v) is 4.43. The molecule has 2 aliphatic rings. The van der Waals surface area contributed by atoms with Crippen molar-refractivity contribution >= 4 is 5.91 Å². The molecule has 2 fully saturated rings. The molecule has 2 heterocycles. The van der Waals surface area contributed by atoms with Gasteiger partial charge in [-0.3, -0.25) is 9.63 Å². The normalized spacial score (nSPS) is 31.9. The predicted octanol–water partition coefficient (Wildman–Crippen LogP) is 0.928. The number of nitrogens with one attached hydrogen (secondary N) is 1. The van der Waals surface area contributed by atoms with Crippen LogP contribution in [-0.2, 0) is 9.63 Å². The first-order valence-electron chi connectivity index (χ1n) is 5.99. The highest BCUT2D eigenvalue weighted by Crippen LogP contribution is 2.21. The third-order valence-electron chi connectivity index (χ3n) is 3.39. The van der Waals surface area contributed by atoms with Crippen LogP contribution in [0, 0.1) is 5.92 Å². The smallest absolute Gasteiger partial charge is 0.263 e. The highest BCUT2D eigenvalue weighted by atomic mass is 16.7. The third-order valence-corrected chi connectivity index (χ3v) is 3.39. The van der Waals surface area contributed by atoms with Crippen molar-refractivity contribution in [3.8, 4) is 0 Å². The Morgan fingerprint density at radius 2 is 2.47 bits per heavy atom. The molecule has 1 N–H and O–H groups in total. The van der Waals surface area contributed by atoms with Crippen LogP contribution in [-0.4, -0.2) is 36.7 Å². The minimum absolute atomic E-state index is 0.0122. The molecule has 0 aromatic heterocycles. The topological polar surface area (TPSA) is 41.6 Å². The van der Waals surface area contributed by atoms with Gasteiger partial charge in [0, 0.05) is 0 Å². The molecule has 2 saturated heterocycles. The van der Waals surface area contributed by atoms with E-state index in [2.05, 4.69) is 12.2 Å². The van der Waals surface area contributed by atoms with Crippen molar-refractivity contribution in [1.82, 2.24) is 10.4 Å². The van der Waals surface area contributed by atoms with Gasteiger partial charge < -0.3 is 5.32 Å². The van der Waals surface area contributed by atoms with Gasteiger partial charge in [0.2, 0.25) is 0 Å². The number of hydrogen-bond acceptors (Lipinski definition) is 3. The van der Waals surface area contributed by atoms with Crippen LogP contribution in [0.4, 0.5) is 0 Å².